The van der Waals surface area contributed by atoms with Gasteiger partial charge in [-0.3, -0.25) is 4.79 Å². The molecule has 21 heavy (non-hydrogen) atoms. The molecule has 110 valence electrons. The Morgan fingerprint density at radius 1 is 1.10 bits per heavy atom. The van der Waals surface area contributed by atoms with Crippen molar-refractivity contribution >= 4 is 28.9 Å². The molecule has 0 aliphatic carbocycles. The van der Waals surface area contributed by atoms with Crippen LogP contribution >= 0.6 is 11.6 Å². The lowest BCUT2D eigenvalue weighted by atomic mass is 10.1. The van der Waals surface area contributed by atoms with Gasteiger partial charge in [0.25, 0.3) is 5.91 Å². The Morgan fingerprint density at radius 3 is 2.24 bits per heavy atom. The van der Waals surface area contributed by atoms with Gasteiger partial charge in [-0.1, -0.05) is 11.6 Å². The lowest BCUT2D eigenvalue weighted by Crippen LogP contribution is -2.14. The first-order chi connectivity index (χ1) is 9.77. The number of hydrogen-bond donors (Lipinski definition) is 2. The summed E-state index contributed by atoms with van der Waals surface area (Å²) < 4.78 is 37.3. The van der Waals surface area contributed by atoms with Gasteiger partial charge in [0.05, 0.1) is 16.9 Å². The smallest absolute Gasteiger partial charge is 0.397 e. The lowest BCUT2D eigenvalue weighted by Gasteiger charge is -2.10. The number of carbonyl (C=O) groups excluding carboxylic acids is 1. The normalized spacial score (nSPS) is 11.2. The number of nitrogens with one attached hydrogen (secondary N) is 1. The number of rotatable bonds is 2. The van der Waals surface area contributed by atoms with Crippen molar-refractivity contribution in [1.82, 2.24) is 0 Å². The number of carbonyl (C=O) groups is 1. The van der Waals surface area contributed by atoms with Gasteiger partial charge in [0.1, 0.15) is 0 Å². The SMILES string of the molecule is Nc1cc(Cl)ccc1NC(=O)c1ccc(C(F)(F)F)cc1. The van der Waals surface area contributed by atoms with E-state index in [0.717, 1.165) is 24.3 Å². The largest absolute Gasteiger partial charge is 0.416 e. The molecule has 0 radical (unpaired) electrons. The number of halogens is 4. The van der Waals surface area contributed by atoms with Crippen LogP contribution in [0.1, 0.15) is 15.9 Å². The molecule has 0 fully saturated rings. The second-order valence-electron chi connectivity index (χ2n) is 4.26. The van der Waals surface area contributed by atoms with Crippen molar-refractivity contribution in [3.8, 4) is 0 Å². The summed E-state index contributed by atoms with van der Waals surface area (Å²) in [5, 5.41) is 2.92. The number of nitrogen functional groups attached to an aromatic ring is 1. The first-order valence-electron chi connectivity index (χ1n) is 5.81. The van der Waals surface area contributed by atoms with Crippen LogP contribution in [0.25, 0.3) is 0 Å². The van der Waals surface area contributed by atoms with Crippen molar-refractivity contribution in [2.45, 2.75) is 6.18 Å². The average molecular weight is 315 g/mol. The van der Waals surface area contributed by atoms with Crippen molar-refractivity contribution in [3.63, 3.8) is 0 Å². The van der Waals surface area contributed by atoms with Crippen LogP contribution in [0.3, 0.4) is 0 Å². The predicted octanol–water partition coefficient (Wildman–Crippen LogP) is 4.19. The van der Waals surface area contributed by atoms with Gasteiger partial charge in [-0.05, 0) is 42.5 Å². The van der Waals surface area contributed by atoms with Crippen LogP contribution in [-0.2, 0) is 6.18 Å². The van der Waals surface area contributed by atoms with Crippen LogP contribution < -0.4 is 11.1 Å². The maximum Gasteiger partial charge on any atom is 0.416 e. The molecule has 0 bridgehead atoms. The van der Waals surface area contributed by atoms with E-state index in [0.29, 0.717) is 10.7 Å². The molecule has 0 unspecified atom stereocenters. The van der Waals surface area contributed by atoms with E-state index in [-0.39, 0.29) is 11.3 Å². The summed E-state index contributed by atoms with van der Waals surface area (Å²) >= 11 is 5.73. The van der Waals surface area contributed by atoms with Gasteiger partial charge in [-0.25, -0.2) is 0 Å². The Bertz CT molecular complexity index is 669. The van der Waals surface area contributed by atoms with E-state index in [4.69, 9.17) is 17.3 Å². The molecule has 0 saturated heterocycles. The second-order valence-corrected chi connectivity index (χ2v) is 4.70. The van der Waals surface area contributed by atoms with Gasteiger partial charge in [0.2, 0.25) is 0 Å². The molecule has 3 nitrogen and oxygen atoms in total. The van der Waals surface area contributed by atoms with Crippen LogP contribution in [-0.4, -0.2) is 5.91 Å². The highest BCUT2D eigenvalue weighted by molar-refractivity contribution is 6.31. The van der Waals surface area contributed by atoms with Gasteiger partial charge in [0.15, 0.2) is 0 Å². The summed E-state index contributed by atoms with van der Waals surface area (Å²) in [5.41, 5.74) is 5.56. The van der Waals surface area contributed by atoms with Crippen LogP contribution in [0, 0.1) is 0 Å². The third-order valence-corrected chi connectivity index (χ3v) is 2.97. The molecule has 0 atom stereocenters. The summed E-state index contributed by atoms with van der Waals surface area (Å²) in [6.07, 6.45) is -4.43. The number of benzene rings is 2. The fraction of sp³-hybridized carbons (Fsp3) is 0.0714. The minimum atomic E-state index is -4.43. The quantitative estimate of drug-likeness (QED) is 0.816. The van der Waals surface area contributed by atoms with Crippen LogP contribution in [0.4, 0.5) is 24.5 Å². The third-order valence-electron chi connectivity index (χ3n) is 2.74. The van der Waals surface area contributed by atoms with E-state index in [1.165, 1.54) is 12.1 Å². The van der Waals surface area contributed by atoms with Crippen molar-refractivity contribution in [1.29, 1.82) is 0 Å². The van der Waals surface area contributed by atoms with Crippen LogP contribution in [0.5, 0.6) is 0 Å². The minimum absolute atomic E-state index is 0.0948. The monoisotopic (exact) mass is 314 g/mol. The highest BCUT2D eigenvalue weighted by Gasteiger charge is 2.30. The Morgan fingerprint density at radius 2 is 1.71 bits per heavy atom. The van der Waals surface area contributed by atoms with E-state index in [1.807, 2.05) is 0 Å². The van der Waals surface area contributed by atoms with E-state index >= 15 is 0 Å². The fourth-order valence-electron chi connectivity index (χ4n) is 1.65. The average Bonchev–Trinajstić information content (AvgIpc) is 2.41. The third kappa shape index (κ3) is 3.66. The van der Waals surface area contributed by atoms with Gasteiger partial charge in [0, 0.05) is 10.6 Å². The molecule has 0 heterocycles. The maximum atomic E-state index is 12.4. The molecule has 1 amide bonds. The Labute approximate surface area is 123 Å². The van der Waals surface area contributed by atoms with Gasteiger partial charge < -0.3 is 11.1 Å². The molecule has 0 spiro atoms. The summed E-state index contributed by atoms with van der Waals surface area (Å²) in [5.74, 6) is -0.558. The molecule has 2 rings (SSSR count). The number of alkyl halides is 3. The number of hydrogen-bond acceptors (Lipinski definition) is 2. The second kappa shape index (κ2) is 5.65. The standard InChI is InChI=1S/C14H10ClF3N2O/c15-10-5-6-12(11(19)7-10)20-13(21)8-1-3-9(4-2-8)14(16,17)18/h1-7H,19H2,(H,20,21). The molecule has 2 aromatic rings. The lowest BCUT2D eigenvalue weighted by molar-refractivity contribution is -0.137. The van der Waals surface area contributed by atoms with E-state index < -0.39 is 17.6 Å². The molecule has 0 saturated carbocycles. The first-order valence-corrected chi connectivity index (χ1v) is 6.19. The van der Waals surface area contributed by atoms with Crippen molar-refractivity contribution < 1.29 is 18.0 Å². The predicted molar refractivity (Wildman–Crippen MR) is 75.3 cm³/mol. The highest BCUT2D eigenvalue weighted by Crippen LogP contribution is 2.29. The zero-order chi connectivity index (χ0) is 15.6. The molecule has 2 aromatic carbocycles. The Balaban J connectivity index is 2.17. The number of nitrogens with two attached hydrogens (primary N) is 1. The van der Waals surface area contributed by atoms with E-state index in [1.54, 1.807) is 6.07 Å². The Hall–Kier alpha value is -2.21. The summed E-state index contributed by atoms with van der Waals surface area (Å²) in [4.78, 5) is 11.9. The first kappa shape index (κ1) is 15.2. The van der Waals surface area contributed by atoms with Crippen molar-refractivity contribution in [2.75, 3.05) is 11.1 Å². The number of amides is 1. The van der Waals surface area contributed by atoms with E-state index in [2.05, 4.69) is 5.32 Å². The molecule has 0 aliphatic heterocycles. The molecule has 7 heteroatoms. The zero-order valence-electron chi connectivity index (χ0n) is 10.5. The summed E-state index contributed by atoms with van der Waals surface area (Å²) in [6, 6.07) is 8.42. The topological polar surface area (TPSA) is 55.1 Å². The van der Waals surface area contributed by atoms with Gasteiger partial charge in [-0.2, -0.15) is 13.2 Å². The van der Waals surface area contributed by atoms with Crippen molar-refractivity contribution in [2.24, 2.45) is 0 Å². The zero-order valence-corrected chi connectivity index (χ0v) is 11.3. The van der Waals surface area contributed by atoms with Crippen molar-refractivity contribution in [3.05, 3.63) is 58.6 Å². The van der Waals surface area contributed by atoms with Gasteiger partial charge >= 0.3 is 6.18 Å². The maximum absolute atomic E-state index is 12.4. The van der Waals surface area contributed by atoms with Crippen LogP contribution in [0.15, 0.2) is 42.5 Å². The molecular weight excluding hydrogens is 305 g/mol. The molecule has 3 N–H and O–H groups in total. The molecular formula is C14H10ClF3N2O. The molecule has 0 aromatic heterocycles. The number of anilines is 2. The molecule has 0 aliphatic rings. The van der Waals surface area contributed by atoms with Gasteiger partial charge in [-0.15, -0.1) is 0 Å². The Kier molecular flexibility index (Phi) is 4.09. The fourth-order valence-corrected chi connectivity index (χ4v) is 1.83. The summed E-state index contributed by atoms with van der Waals surface area (Å²) in [6.45, 7) is 0. The van der Waals surface area contributed by atoms with E-state index in [9.17, 15) is 18.0 Å². The summed E-state index contributed by atoms with van der Waals surface area (Å²) in [7, 11) is 0. The minimum Gasteiger partial charge on any atom is -0.397 e. The highest BCUT2D eigenvalue weighted by atomic mass is 35.5. The van der Waals surface area contributed by atoms with Crippen LogP contribution in [0.2, 0.25) is 5.02 Å².